The van der Waals surface area contributed by atoms with Crippen molar-refractivity contribution in [2.45, 2.75) is 6.92 Å². The summed E-state index contributed by atoms with van der Waals surface area (Å²) in [5.74, 6) is 1.38. The normalized spacial score (nSPS) is 16.1. The molecule has 0 fully saturated rings. The number of fused-ring (bicyclic) bond motifs is 2. The number of benzene rings is 2. The number of aryl methyl sites for hydroxylation is 1. The van der Waals surface area contributed by atoms with Gasteiger partial charge in [-0.25, -0.2) is 0 Å². The summed E-state index contributed by atoms with van der Waals surface area (Å²) in [6.07, 6.45) is 3.90. The Hall–Kier alpha value is -2.41. The van der Waals surface area contributed by atoms with Gasteiger partial charge in [0.1, 0.15) is 0 Å². The molecule has 3 aromatic rings. The third kappa shape index (κ3) is 7.06. The van der Waals surface area contributed by atoms with Crippen molar-refractivity contribution in [3.8, 4) is 11.5 Å². The molecule has 0 saturated heterocycles. The van der Waals surface area contributed by atoms with E-state index in [4.69, 9.17) is 23.7 Å². The van der Waals surface area contributed by atoms with Gasteiger partial charge in [-0.05, 0) is 0 Å². The number of para-hydroxylation sites is 1. The fourth-order valence-corrected chi connectivity index (χ4v) is 6.62. The summed E-state index contributed by atoms with van der Waals surface area (Å²) in [4.78, 5) is 13.9. The SMILES string of the molecule is CC(=O)N(/C=C/c1[te]c2cc3c(cc2[n+]1C)OCCOCCOCCOCCO3)c1ccccc1. The molecule has 9 heteroatoms. The predicted octanol–water partition coefficient (Wildman–Crippen LogP) is 2.57. The fraction of sp³-hybridized carbons (Fsp3) is 0.385. The van der Waals surface area contributed by atoms with Crippen molar-refractivity contribution >= 4 is 47.0 Å². The van der Waals surface area contributed by atoms with Gasteiger partial charge in [-0.15, -0.1) is 0 Å². The third-order valence-corrected chi connectivity index (χ3v) is 8.71. The van der Waals surface area contributed by atoms with E-state index >= 15 is 0 Å². The predicted molar refractivity (Wildman–Crippen MR) is 134 cm³/mol. The van der Waals surface area contributed by atoms with Crippen molar-refractivity contribution < 1.29 is 33.0 Å². The number of ether oxygens (including phenoxy) is 5. The average Bonchev–Trinajstić information content (AvgIpc) is 3.15. The van der Waals surface area contributed by atoms with Gasteiger partial charge in [-0.1, -0.05) is 0 Å². The number of anilines is 1. The van der Waals surface area contributed by atoms with Crippen LogP contribution in [0.15, 0.2) is 48.7 Å². The number of rotatable bonds is 3. The van der Waals surface area contributed by atoms with Crippen LogP contribution in [-0.2, 0) is 26.1 Å². The van der Waals surface area contributed by atoms with E-state index in [1.165, 1.54) is 7.11 Å². The molecule has 1 aromatic heterocycles. The number of aromatic nitrogens is 1. The Balaban J connectivity index is 1.59. The minimum absolute atomic E-state index is 0.0335. The Bertz CT molecular complexity index is 1150. The molecular formula is C26H31N2O6Te+. The number of hydrogen-bond donors (Lipinski definition) is 0. The molecule has 0 aliphatic carbocycles. The van der Waals surface area contributed by atoms with Gasteiger partial charge in [0.2, 0.25) is 0 Å². The summed E-state index contributed by atoms with van der Waals surface area (Å²) in [7, 11) is 2.05. The second kappa shape index (κ2) is 13.1. The van der Waals surface area contributed by atoms with Gasteiger partial charge < -0.3 is 0 Å². The van der Waals surface area contributed by atoms with Crippen LogP contribution >= 0.6 is 0 Å². The molecule has 0 bridgehead atoms. The summed E-state index contributed by atoms with van der Waals surface area (Å²) < 4.78 is 33.3. The van der Waals surface area contributed by atoms with Crippen molar-refractivity contribution in [2.75, 3.05) is 57.8 Å². The van der Waals surface area contributed by atoms with E-state index in [2.05, 4.69) is 10.6 Å². The van der Waals surface area contributed by atoms with E-state index in [0.29, 0.717) is 58.6 Å². The molecule has 0 unspecified atom stereocenters. The fourth-order valence-electron chi connectivity index (χ4n) is 3.61. The van der Waals surface area contributed by atoms with Crippen LogP contribution in [0.2, 0.25) is 0 Å². The maximum absolute atomic E-state index is 12.3. The van der Waals surface area contributed by atoms with Gasteiger partial charge >= 0.3 is 216 Å². The molecule has 2 heterocycles. The van der Waals surface area contributed by atoms with Crippen molar-refractivity contribution in [2.24, 2.45) is 7.05 Å². The summed E-state index contributed by atoms with van der Waals surface area (Å²) >= 11 is -0.677. The Morgan fingerprint density at radius 1 is 0.886 bits per heavy atom. The molecule has 0 spiro atoms. The van der Waals surface area contributed by atoms with Crippen LogP contribution in [0.25, 0.3) is 15.0 Å². The second-order valence-corrected chi connectivity index (χ2v) is 10.9. The molecule has 0 saturated carbocycles. The van der Waals surface area contributed by atoms with Gasteiger partial charge in [-0.3, -0.25) is 0 Å². The molecule has 0 atom stereocenters. The quantitative estimate of drug-likeness (QED) is 0.343. The monoisotopic (exact) mass is 597 g/mol. The van der Waals surface area contributed by atoms with E-state index in [-0.39, 0.29) is 5.91 Å². The van der Waals surface area contributed by atoms with Crippen molar-refractivity contribution in [3.63, 3.8) is 0 Å². The van der Waals surface area contributed by atoms with Crippen LogP contribution in [-0.4, -0.2) is 79.2 Å². The minimum atomic E-state index is -0.677. The number of carbonyl (C=O) groups excluding carboxylic acids is 1. The average molecular weight is 595 g/mol. The molecule has 2 aromatic carbocycles. The topological polar surface area (TPSA) is 70.3 Å². The number of carbonyl (C=O) groups is 1. The third-order valence-electron chi connectivity index (χ3n) is 5.39. The number of nitrogens with zero attached hydrogens (tertiary/aromatic N) is 2. The van der Waals surface area contributed by atoms with Gasteiger partial charge in [0, 0.05) is 0 Å². The first-order valence-corrected chi connectivity index (χ1v) is 13.9. The molecule has 1 amide bonds. The summed E-state index contributed by atoms with van der Waals surface area (Å²) in [6.45, 7) is 5.51. The van der Waals surface area contributed by atoms with Crippen LogP contribution in [0.3, 0.4) is 0 Å². The summed E-state index contributed by atoms with van der Waals surface area (Å²) in [6, 6.07) is 13.8. The zero-order chi connectivity index (χ0) is 24.5. The van der Waals surface area contributed by atoms with Gasteiger partial charge in [0.05, 0.1) is 0 Å². The Labute approximate surface area is 215 Å². The first-order chi connectivity index (χ1) is 17.1. The van der Waals surface area contributed by atoms with Crippen molar-refractivity contribution in [1.29, 1.82) is 0 Å². The van der Waals surface area contributed by atoms with Crippen molar-refractivity contribution in [1.82, 2.24) is 0 Å². The summed E-state index contributed by atoms with van der Waals surface area (Å²) in [5.41, 5.74) is 1.95. The van der Waals surface area contributed by atoms with Gasteiger partial charge in [-0.2, -0.15) is 0 Å². The molecule has 1 aliphatic heterocycles. The van der Waals surface area contributed by atoms with E-state index in [1.807, 2.05) is 55.7 Å². The molecule has 0 radical (unpaired) electrons. The summed E-state index contributed by atoms with van der Waals surface area (Å²) in [5, 5.41) is 0. The zero-order valence-corrected chi connectivity index (χ0v) is 22.4. The van der Waals surface area contributed by atoms with Crippen LogP contribution in [0.1, 0.15) is 10.6 Å². The molecule has 4 rings (SSSR count). The number of hydrogen-bond acceptors (Lipinski definition) is 6. The van der Waals surface area contributed by atoms with E-state index in [0.717, 1.165) is 17.0 Å². The molecule has 0 N–H and O–H groups in total. The maximum atomic E-state index is 12.3. The van der Waals surface area contributed by atoms with Crippen LogP contribution in [0.5, 0.6) is 11.5 Å². The van der Waals surface area contributed by atoms with E-state index in [9.17, 15) is 4.79 Å². The molecule has 8 nitrogen and oxygen atoms in total. The Morgan fingerprint density at radius 3 is 2.06 bits per heavy atom. The Morgan fingerprint density at radius 2 is 1.46 bits per heavy atom. The van der Waals surface area contributed by atoms with Gasteiger partial charge in [0.15, 0.2) is 0 Å². The first-order valence-electron chi connectivity index (χ1n) is 11.6. The molecule has 35 heavy (non-hydrogen) atoms. The van der Waals surface area contributed by atoms with E-state index < -0.39 is 20.4 Å². The van der Waals surface area contributed by atoms with E-state index in [1.54, 1.807) is 11.8 Å². The first kappa shape index (κ1) is 25.7. The molecular weight excluding hydrogens is 564 g/mol. The number of amides is 1. The Kier molecular flexibility index (Phi) is 9.57. The molecule has 1 aliphatic rings. The molecule has 186 valence electrons. The van der Waals surface area contributed by atoms with Crippen LogP contribution in [0.4, 0.5) is 5.69 Å². The van der Waals surface area contributed by atoms with Gasteiger partial charge in [0.25, 0.3) is 0 Å². The zero-order valence-electron chi connectivity index (χ0n) is 20.1. The van der Waals surface area contributed by atoms with Crippen LogP contribution < -0.4 is 18.9 Å². The standard InChI is InChI=1S/C26H31N2O6Te/c1-20(29)28(21-6-4-3-5-7-21)9-8-26-27(2)22-18-23-24(19-25(22)35-26)34-17-15-32-13-11-30-10-12-31-14-16-33-23/h3-9,18-19H,10-17H2,1-2H3/q+1. The second-order valence-electron chi connectivity index (χ2n) is 7.84. The van der Waals surface area contributed by atoms with Crippen molar-refractivity contribution in [3.05, 3.63) is 52.4 Å². The van der Waals surface area contributed by atoms with Crippen LogP contribution in [0, 0.1) is 0 Å².